The second-order valence-corrected chi connectivity index (χ2v) is 5.92. The molecule has 1 aliphatic carbocycles. The predicted octanol–water partition coefficient (Wildman–Crippen LogP) is 1.51. The first-order chi connectivity index (χ1) is 8.98. The second-order valence-electron chi connectivity index (χ2n) is 5.92. The number of amides is 1. The van der Waals surface area contributed by atoms with Crippen molar-refractivity contribution >= 4 is 11.9 Å². The number of ether oxygens (including phenoxy) is 1. The minimum Gasteiger partial charge on any atom is -0.481 e. The lowest BCUT2D eigenvalue weighted by Gasteiger charge is -2.32. The number of methoxy groups -OCH3 is 1. The number of nitrogens with zero attached hydrogens (tertiary/aromatic N) is 1. The first kappa shape index (κ1) is 14.3. The monoisotopic (exact) mass is 269 g/mol. The zero-order valence-corrected chi connectivity index (χ0v) is 11.7. The average Bonchev–Trinajstić information content (AvgIpc) is 3.10. The van der Waals surface area contributed by atoms with Gasteiger partial charge in [-0.05, 0) is 38.0 Å². The number of carboxylic acid groups (broad SMARTS) is 1. The molecular formula is C14H23NO4. The van der Waals surface area contributed by atoms with Crippen molar-refractivity contribution in [3.63, 3.8) is 0 Å². The molecule has 0 bridgehead atoms. The maximum atomic E-state index is 12.0. The highest BCUT2D eigenvalue weighted by Gasteiger charge is 2.59. The normalized spacial score (nSPS) is 26.2. The fourth-order valence-electron chi connectivity index (χ4n) is 3.05. The molecule has 1 amide bonds. The lowest BCUT2D eigenvalue weighted by atomic mass is 9.90. The molecule has 2 rings (SSSR count). The van der Waals surface area contributed by atoms with Crippen LogP contribution in [0.15, 0.2) is 0 Å². The summed E-state index contributed by atoms with van der Waals surface area (Å²) >= 11 is 0. The first-order valence-corrected chi connectivity index (χ1v) is 7.02. The van der Waals surface area contributed by atoms with Crippen LogP contribution in [-0.4, -0.2) is 48.2 Å². The van der Waals surface area contributed by atoms with Crippen LogP contribution in [0.1, 0.15) is 39.0 Å². The molecule has 0 radical (unpaired) electrons. The minimum absolute atomic E-state index is 0.00242. The molecule has 1 saturated carbocycles. The number of hydrogen-bond donors (Lipinski definition) is 1. The van der Waals surface area contributed by atoms with Crippen molar-refractivity contribution in [3.05, 3.63) is 0 Å². The highest BCUT2D eigenvalue weighted by molar-refractivity contribution is 5.77. The SMILES string of the molecule is COC(C)CCC(=O)N1CCC2(CC1)CC2C(=O)O. The van der Waals surface area contributed by atoms with Gasteiger partial charge in [-0.3, -0.25) is 9.59 Å². The zero-order valence-electron chi connectivity index (χ0n) is 11.7. The minimum atomic E-state index is -0.673. The van der Waals surface area contributed by atoms with E-state index in [1.54, 1.807) is 7.11 Å². The molecule has 2 atom stereocenters. The summed E-state index contributed by atoms with van der Waals surface area (Å²) < 4.78 is 5.14. The van der Waals surface area contributed by atoms with Crippen molar-refractivity contribution < 1.29 is 19.4 Å². The summed E-state index contributed by atoms with van der Waals surface area (Å²) in [5.41, 5.74) is 0.00242. The van der Waals surface area contributed by atoms with Gasteiger partial charge in [-0.1, -0.05) is 0 Å². The van der Waals surface area contributed by atoms with E-state index in [2.05, 4.69) is 0 Å². The van der Waals surface area contributed by atoms with E-state index in [1.165, 1.54) is 0 Å². The van der Waals surface area contributed by atoms with Gasteiger partial charge in [0, 0.05) is 26.6 Å². The smallest absolute Gasteiger partial charge is 0.307 e. The quantitative estimate of drug-likeness (QED) is 0.821. The van der Waals surface area contributed by atoms with Crippen LogP contribution in [-0.2, 0) is 14.3 Å². The topological polar surface area (TPSA) is 66.8 Å². The van der Waals surface area contributed by atoms with Crippen LogP contribution in [0.2, 0.25) is 0 Å². The van der Waals surface area contributed by atoms with Crippen LogP contribution in [0.3, 0.4) is 0 Å². The lowest BCUT2D eigenvalue weighted by Crippen LogP contribution is -2.40. The molecule has 1 spiro atoms. The van der Waals surface area contributed by atoms with Crippen molar-refractivity contribution in [2.45, 2.75) is 45.1 Å². The van der Waals surface area contributed by atoms with E-state index in [0.717, 1.165) is 25.7 Å². The second kappa shape index (κ2) is 5.49. The van der Waals surface area contributed by atoms with Gasteiger partial charge in [0.05, 0.1) is 12.0 Å². The molecule has 1 N–H and O–H groups in total. The standard InChI is InChI=1S/C14H23NO4/c1-10(19-2)3-4-12(16)15-7-5-14(6-8-15)9-11(14)13(17)18/h10-11H,3-9H2,1-2H3,(H,17,18). The summed E-state index contributed by atoms with van der Waals surface area (Å²) in [5, 5.41) is 9.02. The van der Waals surface area contributed by atoms with Crippen molar-refractivity contribution in [1.29, 1.82) is 0 Å². The predicted molar refractivity (Wildman–Crippen MR) is 69.7 cm³/mol. The van der Waals surface area contributed by atoms with Gasteiger partial charge in [0.25, 0.3) is 0 Å². The first-order valence-electron chi connectivity index (χ1n) is 7.02. The molecule has 2 unspecified atom stereocenters. The Labute approximate surface area is 113 Å². The number of likely N-dealkylation sites (tertiary alicyclic amines) is 1. The molecule has 5 heteroatoms. The molecule has 108 valence electrons. The summed E-state index contributed by atoms with van der Waals surface area (Å²) in [7, 11) is 1.65. The van der Waals surface area contributed by atoms with Crippen LogP contribution in [0.4, 0.5) is 0 Å². The molecule has 1 saturated heterocycles. The summed E-state index contributed by atoms with van der Waals surface area (Å²) in [6.45, 7) is 3.38. The van der Waals surface area contributed by atoms with Crippen molar-refractivity contribution in [2.75, 3.05) is 20.2 Å². The van der Waals surface area contributed by atoms with E-state index in [1.807, 2.05) is 11.8 Å². The number of rotatable bonds is 5. The Morgan fingerprint density at radius 3 is 2.53 bits per heavy atom. The maximum absolute atomic E-state index is 12.0. The van der Waals surface area contributed by atoms with Gasteiger partial charge in [-0.2, -0.15) is 0 Å². The number of hydrogen-bond acceptors (Lipinski definition) is 3. The Bertz CT molecular complexity index is 360. The Morgan fingerprint density at radius 2 is 2.05 bits per heavy atom. The number of piperidine rings is 1. The van der Waals surface area contributed by atoms with Crippen molar-refractivity contribution in [1.82, 2.24) is 4.90 Å². The molecule has 2 aliphatic rings. The Kier molecular flexibility index (Phi) is 4.13. The average molecular weight is 269 g/mol. The third kappa shape index (κ3) is 3.08. The van der Waals surface area contributed by atoms with Crippen molar-refractivity contribution in [3.8, 4) is 0 Å². The van der Waals surface area contributed by atoms with Crippen LogP contribution >= 0.6 is 0 Å². The molecule has 0 aromatic carbocycles. The van der Waals surface area contributed by atoms with E-state index in [-0.39, 0.29) is 23.3 Å². The van der Waals surface area contributed by atoms with E-state index < -0.39 is 5.97 Å². The molecule has 19 heavy (non-hydrogen) atoms. The van der Waals surface area contributed by atoms with E-state index in [4.69, 9.17) is 9.84 Å². The van der Waals surface area contributed by atoms with Gasteiger partial charge in [0.15, 0.2) is 0 Å². The molecule has 5 nitrogen and oxygen atoms in total. The third-order valence-electron chi connectivity index (χ3n) is 4.77. The number of carbonyl (C=O) groups excluding carboxylic acids is 1. The van der Waals surface area contributed by atoms with Gasteiger partial charge < -0.3 is 14.7 Å². The lowest BCUT2D eigenvalue weighted by molar-refractivity contribution is -0.140. The van der Waals surface area contributed by atoms with Crippen LogP contribution in [0, 0.1) is 11.3 Å². The fourth-order valence-corrected chi connectivity index (χ4v) is 3.05. The molecule has 1 heterocycles. The Morgan fingerprint density at radius 1 is 1.42 bits per heavy atom. The van der Waals surface area contributed by atoms with Gasteiger partial charge in [-0.15, -0.1) is 0 Å². The summed E-state index contributed by atoms with van der Waals surface area (Å²) in [5.74, 6) is -0.668. The highest BCUT2D eigenvalue weighted by atomic mass is 16.5. The third-order valence-corrected chi connectivity index (χ3v) is 4.77. The largest absolute Gasteiger partial charge is 0.481 e. The van der Waals surface area contributed by atoms with Crippen molar-refractivity contribution in [2.24, 2.45) is 11.3 Å². The molecule has 2 fully saturated rings. The van der Waals surface area contributed by atoms with E-state index in [9.17, 15) is 9.59 Å². The molecule has 0 aromatic heterocycles. The number of carboxylic acids is 1. The van der Waals surface area contributed by atoms with E-state index in [0.29, 0.717) is 19.5 Å². The van der Waals surface area contributed by atoms with Crippen LogP contribution < -0.4 is 0 Å². The highest BCUT2D eigenvalue weighted by Crippen LogP contribution is 2.59. The summed E-state index contributed by atoms with van der Waals surface area (Å²) in [4.78, 5) is 24.9. The van der Waals surface area contributed by atoms with Gasteiger partial charge >= 0.3 is 5.97 Å². The fraction of sp³-hybridized carbons (Fsp3) is 0.857. The molecule has 0 aromatic rings. The van der Waals surface area contributed by atoms with Gasteiger partial charge in [0.1, 0.15) is 0 Å². The van der Waals surface area contributed by atoms with Gasteiger partial charge in [0.2, 0.25) is 5.91 Å². The Hall–Kier alpha value is -1.10. The summed E-state index contributed by atoms with van der Waals surface area (Å²) in [6, 6.07) is 0. The number of aliphatic carboxylic acids is 1. The number of carbonyl (C=O) groups is 2. The van der Waals surface area contributed by atoms with Gasteiger partial charge in [-0.25, -0.2) is 0 Å². The molecular weight excluding hydrogens is 246 g/mol. The summed E-state index contributed by atoms with van der Waals surface area (Å²) in [6.07, 6.45) is 3.86. The zero-order chi connectivity index (χ0) is 14.0. The van der Waals surface area contributed by atoms with Crippen LogP contribution in [0.25, 0.3) is 0 Å². The Balaban J connectivity index is 1.75. The molecule has 1 aliphatic heterocycles. The van der Waals surface area contributed by atoms with E-state index >= 15 is 0 Å². The maximum Gasteiger partial charge on any atom is 0.307 e. The van der Waals surface area contributed by atoms with Crippen LogP contribution in [0.5, 0.6) is 0 Å².